The number of hydrogen-bond acceptors (Lipinski definition) is 6. The number of carbonyl (C=O) groups is 1. The van der Waals surface area contributed by atoms with Gasteiger partial charge in [0.05, 0.1) is 11.3 Å². The second kappa shape index (κ2) is 10.1. The van der Waals surface area contributed by atoms with Crippen molar-refractivity contribution in [3.63, 3.8) is 0 Å². The molecule has 154 valence electrons. The minimum absolute atomic E-state index is 0.200. The molecular formula is C24H22N6O. The van der Waals surface area contributed by atoms with Crippen molar-refractivity contribution < 1.29 is 4.79 Å². The van der Waals surface area contributed by atoms with Gasteiger partial charge in [0.2, 0.25) is 0 Å². The van der Waals surface area contributed by atoms with Crippen molar-refractivity contribution in [2.45, 2.75) is 13.0 Å². The summed E-state index contributed by atoms with van der Waals surface area (Å²) in [4.78, 5) is 30.2. The average molecular weight is 410 g/mol. The number of anilines is 1. The number of rotatable bonds is 8. The van der Waals surface area contributed by atoms with E-state index in [-0.39, 0.29) is 5.91 Å². The van der Waals surface area contributed by atoms with E-state index < -0.39 is 0 Å². The van der Waals surface area contributed by atoms with Gasteiger partial charge < -0.3 is 10.6 Å². The molecule has 0 atom stereocenters. The minimum Gasteiger partial charge on any atom is -0.369 e. The largest absolute Gasteiger partial charge is 0.369 e. The van der Waals surface area contributed by atoms with Crippen LogP contribution in [0.25, 0.3) is 11.3 Å². The molecule has 2 N–H and O–H groups in total. The summed E-state index contributed by atoms with van der Waals surface area (Å²) in [6.45, 7) is 0.994. The highest BCUT2D eigenvalue weighted by molar-refractivity contribution is 5.99. The lowest BCUT2D eigenvalue weighted by Gasteiger charge is -2.13. The quantitative estimate of drug-likeness (QED) is 0.462. The summed E-state index contributed by atoms with van der Waals surface area (Å²) in [6, 6.07) is 17.0. The molecule has 4 heterocycles. The molecule has 0 aliphatic carbocycles. The van der Waals surface area contributed by atoms with Crippen LogP contribution in [0.15, 0.2) is 85.6 Å². The lowest BCUT2D eigenvalue weighted by molar-refractivity contribution is 0.0951. The summed E-state index contributed by atoms with van der Waals surface area (Å²) < 4.78 is 0. The van der Waals surface area contributed by atoms with Crippen molar-refractivity contribution in [1.82, 2.24) is 25.3 Å². The minimum atomic E-state index is -0.200. The van der Waals surface area contributed by atoms with Gasteiger partial charge in [-0.1, -0.05) is 12.1 Å². The smallest absolute Gasteiger partial charge is 0.255 e. The Morgan fingerprint density at radius 3 is 2.48 bits per heavy atom. The standard InChI is InChI=1S/C24H22N6O/c31-24(29-16-18-5-3-11-25-15-18)21-8-9-22(19-6-4-12-26-17-19)30-23(21)28-14-10-20-7-1-2-13-27-20/h1-9,11-13,15,17H,10,14,16H2,(H,28,30)(H,29,31). The number of nitrogens with one attached hydrogen (secondary N) is 2. The molecule has 0 fully saturated rings. The third kappa shape index (κ3) is 5.48. The monoisotopic (exact) mass is 410 g/mol. The third-order valence-corrected chi connectivity index (χ3v) is 4.67. The number of carbonyl (C=O) groups excluding carboxylic acids is 1. The summed E-state index contributed by atoms with van der Waals surface area (Å²) in [5.41, 5.74) is 4.02. The van der Waals surface area contributed by atoms with Gasteiger partial charge in [-0.3, -0.25) is 19.7 Å². The van der Waals surface area contributed by atoms with Gasteiger partial charge >= 0.3 is 0 Å². The van der Waals surface area contributed by atoms with Crippen molar-refractivity contribution in [2.24, 2.45) is 0 Å². The molecule has 0 saturated heterocycles. The fourth-order valence-electron chi connectivity index (χ4n) is 3.09. The molecule has 0 spiro atoms. The number of hydrogen-bond donors (Lipinski definition) is 2. The van der Waals surface area contributed by atoms with Crippen LogP contribution in [0.5, 0.6) is 0 Å². The van der Waals surface area contributed by atoms with Crippen molar-refractivity contribution in [3.05, 3.63) is 102 Å². The zero-order valence-corrected chi connectivity index (χ0v) is 16.9. The fourth-order valence-corrected chi connectivity index (χ4v) is 3.09. The molecule has 0 unspecified atom stereocenters. The van der Waals surface area contributed by atoms with E-state index in [1.54, 1.807) is 37.1 Å². The summed E-state index contributed by atoms with van der Waals surface area (Å²) in [5, 5.41) is 6.25. The Morgan fingerprint density at radius 1 is 0.871 bits per heavy atom. The van der Waals surface area contributed by atoms with Crippen LogP contribution < -0.4 is 10.6 Å². The van der Waals surface area contributed by atoms with Crippen LogP contribution >= 0.6 is 0 Å². The molecule has 0 radical (unpaired) electrons. The number of nitrogens with zero attached hydrogens (tertiary/aromatic N) is 4. The van der Waals surface area contributed by atoms with Crippen LogP contribution in [0.1, 0.15) is 21.6 Å². The highest BCUT2D eigenvalue weighted by atomic mass is 16.1. The lowest BCUT2D eigenvalue weighted by atomic mass is 10.1. The van der Waals surface area contributed by atoms with Gasteiger partial charge in [0.15, 0.2) is 0 Å². The maximum absolute atomic E-state index is 12.9. The average Bonchev–Trinajstić information content (AvgIpc) is 2.84. The molecule has 0 aliphatic heterocycles. The normalized spacial score (nSPS) is 10.5. The predicted octanol–water partition coefficient (Wildman–Crippen LogP) is 3.52. The molecule has 7 nitrogen and oxygen atoms in total. The predicted molar refractivity (Wildman–Crippen MR) is 119 cm³/mol. The highest BCUT2D eigenvalue weighted by Crippen LogP contribution is 2.21. The second-order valence-electron chi connectivity index (χ2n) is 6.88. The van der Waals surface area contributed by atoms with E-state index in [0.717, 1.165) is 28.9 Å². The van der Waals surface area contributed by atoms with E-state index in [1.165, 1.54) is 0 Å². The number of amides is 1. The SMILES string of the molecule is O=C(NCc1cccnc1)c1ccc(-c2cccnc2)nc1NCCc1ccccn1. The van der Waals surface area contributed by atoms with Crippen LogP contribution in [-0.2, 0) is 13.0 Å². The third-order valence-electron chi connectivity index (χ3n) is 4.67. The Morgan fingerprint density at radius 2 is 1.74 bits per heavy atom. The molecule has 0 aliphatic rings. The molecule has 0 aromatic carbocycles. The second-order valence-corrected chi connectivity index (χ2v) is 6.88. The van der Waals surface area contributed by atoms with E-state index in [1.807, 2.05) is 48.5 Å². The van der Waals surface area contributed by atoms with Crippen LogP contribution in [-0.4, -0.2) is 32.4 Å². The Bertz CT molecular complexity index is 1120. The van der Waals surface area contributed by atoms with Crippen molar-refractivity contribution in [1.29, 1.82) is 0 Å². The number of aromatic nitrogens is 4. The number of pyridine rings is 4. The molecule has 7 heteroatoms. The van der Waals surface area contributed by atoms with Crippen LogP contribution in [0, 0.1) is 0 Å². The van der Waals surface area contributed by atoms with E-state index in [0.29, 0.717) is 24.5 Å². The topological polar surface area (TPSA) is 92.7 Å². The van der Waals surface area contributed by atoms with Gasteiger partial charge in [0.25, 0.3) is 5.91 Å². The summed E-state index contributed by atoms with van der Waals surface area (Å²) >= 11 is 0. The van der Waals surface area contributed by atoms with Gasteiger partial charge in [-0.15, -0.1) is 0 Å². The molecule has 4 aromatic heterocycles. The maximum atomic E-state index is 12.9. The van der Waals surface area contributed by atoms with Crippen LogP contribution in [0.2, 0.25) is 0 Å². The molecule has 0 saturated carbocycles. The highest BCUT2D eigenvalue weighted by Gasteiger charge is 2.14. The van der Waals surface area contributed by atoms with E-state index >= 15 is 0 Å². The first-order chi connectivity index (χ1) is 15.3. The fraction of sp³-hybridized carbons (Fsp3) is 0.125. The van der Waals surface area contributed by atoms with E-state index in [2.05, 4.69) is 25.6 Å². The Kier molecular flexibility index (Phi) is 6.54. The van der Waals surface area contributed by atoms with Crippen molar-refractivity contribution >= 4 is 11.7 Å². The van der Waals surface area contributed by atoms with Crippen LogP contribution in [0.4, 0.5) is 5.82 Å². The van der Waals surface area contributed by atoms with Gasteiger partial charge in [-0.25, -0.2) is 4.98 Å². The Balaban J connectivity index is 1.53. The zero-order valence-electron chi connectivity index (χ0n) is 16.9. The first kappa shape index (κ1) is 20.2. The van der Waals surface area contributed by atoms with Gasteiger partial charge in [-0.05, 0) is 48.0 Å². The first-order valence-corrected chi connectivity index (χ1v) is 10.0. The van der Waals surface area contributed by atoms with Gasteiger partial charge in [0.1, 0.15) is 5.82 Å². The molecule has 0 bridgehead atoms. The van der Waals surface area contributed by atoms with Gasteiger partial charge in [0, 0.05) is 61.8 Å². The molecule has 31 heavy (non-hydrogen) atoms. The summed E-state index contributed by atoms with van der Waals surface area (Å²) in [7, 11) is 0. The molecule has 4 rings (SSSR count). The maximum Gasteiger partial charge on any atom is 0.255 e. The van der Waals surface area contributed by atoms with Crippen LogP contribution in [0.3, 0.4) is 0 Å². The zero-order chi connectivity index (χ0) is 21.3. The molecule has 4 aromatic rings. The van der Waals surface area contributed by atoms with Crippen molar-refractivity contribution in [2.75, 3.05) is 11.9 Å². The summed E-state index contributed by atoms with van der Waals surface area (Å²) in [6.07, 6.45) is 9.40. The lowest BCUT2D eigenvalue weighted by Crippen LogP contribution is -2.25. The summed E-state index contributed by atoms with van der Waals surface area (Å²) in [5.74, 6) is 0.329. The first-order valence-electron chi connectivity index (χ1n) is 10.0. The Hall–Kier alpha value is -4.13. The van der Waals surface area contributed by atoms with E-state index in [4.69, 9.17) is 4.98 Å². The molecular weight excluding hydrogens is 388 g/mol. The van der Waals surface area contributed by atoms with Gasteiger partial charge in [-0.2, -0.15) is 0 Å². The Labute approximate surface area is 180 Å². The molecule has 1 amide bonds. The van der Waals surface area contributed by atoms with E-state index in [9.17, 15) is 4.79 Å². The van der Waals surface area contributed by atoms with Crippen molar-refractivity contribution in [3.8, 4) is 11.3 Å².